The molecule has 3 nitrogen and oxygen atoms in total. The van der Waals surface area contributed by atoms with Gasteiger partial charge in [-0.1, -0.05) is 37.0 Å². The second-order valence-corrected chi connectivity index (χ2v) is 10.2. The Kier molecular flexibility index (Phi) is 3.10. The van der Waals surface area contributed by atoms with Gasteiger partial charge in [-0.15, -0.1) is 5.10 Å². The minimum atomic E-state index is -1.39. The Balaban J connectivity index is 2.14. The van der Waals surface area contributed by atoms with Crippen LogP contribution in [0.5, 0.6) is 0 Å². The molecule has 0 unspecified atom stereocenters. The van der Waals surface area contributed by atoms with Gasteiger partial charge in [0.05, 0.1) is 11.9 Å². The minimum absolute atomic E-state index is 0.213. The summed E-state index contributed by atoms with van der Waals surface area (Å²) in [4.78, 5) is 0. The first-order chi connectivity index (χ1) is 7.95. The van der Waals surface area contributed by atoms with Crippen molar-refractivity contribution in [1.29, 1.82) is 0 Å². The van der Waals surface area contributed by atoms with Gasteiger partial charge in [-0.25, -0.2) is 9.07 Å². The molecule has 90 valence electrons. The smallest absolute Gasteiger partial charge is 0.123 e. The third kappa shape index (κ3) is 3.00. The molecule has 0 radical (unpaired) electrons. The maximum Gasteiger partial charge on any atom is 0.123 e. The largest absolute Gasteiger partial charge is 0.248 e. The lowest BCUT2D eigenvalue weighted by Gasteiger charge is -2.09. The molecule has 0 atom stereocenters. The van der Waals surface area contributed by atoms with Crippen LogP contribution in [0.1, 0.15) is 5.56 Å². The first kappa shape index (κ1) is 12.0. The molecule has 0 aliphatic heterocycles. The molecular weight excluding hydrogens is 233 g/mol. The van der Waals surface area contributed by atoms with Crippen molar-refractivity contribution in [2.45, 2.75) is 26.2 Å². The second kappa shape index (κ2) is 4.41. The van der Waals surface area contributed by atoms with Crippen LogP contribution in [0.25, 0.3) is 0 Å². The van der Waals surface area contributed by atoms with E-state index in [0.717, 1.165) is 10.9 Å². The predicted molar refractivity (Wildman–Crippen MR) is 68.5 cm³/mol. The van der Waals surface area contributed by atoms with E-state index < -0.39 is 8.07 Å². The average molecular weight is 249 g/mol. The molecule has 0 bridgehead atoms. The van der Waals surface area contributed by atoms with Gasteiger partial charge in [0, 0.05) is 6.20 Å². The highest BCUT2D eigenvalue weighted by atomic mass is 28.3. The topological polar surface area (TPSA) is 30.7 Å². The van der Waals surface area contributed by atoms with Crippen LogP contribution >= 0.6 is 0 Å². The highest BCUT2D eigenvalue weighted by Gasteiger charge is 2.20. The Bertz CT molecular complexity index is 499. The van der Waals surface area contributed by atoms with Crippen LogP contribution in [0.15, 0.2) is 30.5 Å². The Morgan fingerprint density at radius 2 is 1.82 bits per heavy atom. The van der Waals surface area contributed by atoms with Crippen LogP contribution in [0.4, 0.5) is 4.39 Å². The first-order valence-electron chi connectivity index (χ1n) is 5.60. The SMILES string of the molecule is C[Si](C)(C)c1cn(Cc2ccc(F)cc2)nn1. The highest BCUT2D eigenvalue weighted by Crippen LogP contribution is 2.05. The quantitative estimate of drug-likeness (QED) is 0.779. The zero-order valence-corrected chi connectivity index (χ0v) is 11.3. The average Bonchev–Trinajstić information content (AvgIpc) is 2.69. The standard InChI is InChI=1S/C12H16FN3Si/c1-17(2,3)12-9-16(15-14-12)8-10-4-6-11(13)7-5-10/h4-7,9H,8H2,1-3H3. The fourth-order valence-corrected chi connectivity index (χ4v) is 2.38. The van der Waals surface area contributed by atoms with Crippen LogP contribution in [0, 0.1) is 5.82 Å². The van der Waals surface area contributed by atoms with Crippen molar-refractivity contribution in [3.8, 4) is 0 Å². The molecule has 0 aliphatic rings. The Labute approximate surface area is 101 Å². The molecule has 1 aromatic carbocycles. The van der Waals surface area contributed by atoms with E-state index in [2.05, 4.69) is 30.0 Å². The van der Waals surface area contributed by atoms with E-state index >= 15 is 0 Å². The van der Waals surface area contributed by atoms with Gasteiger partial charge >= 0.3 is 0 Å². The van der Waals surface area contributed by atoms with Crippen LogP contribution in [-0.2, 0) is 6.54 Å². The Hall–Kier alpha value is -1.49. The van der Waals surface area contributed by atoms with Crippen LogP contribution in [0.3, 0.4) is 0 Å². The van der Waals surface area contributed by atoms with Crippen LogP contribution < -0.4 is 5.32 Å². The summed E-state index contributed by atoms with van der Waals surface area (Å²) in [6.45, 7) is 7.34. The summed E-state index contributed by atoms with van der Waals surface area (Å²) in [7, 11) is -1.39. The number of benzene rings is 1. The van der Waals surface area contributed by atoms with Gasteiger partial charge in [-0.3, -0.25) is 0 Å². The molecule has 5 heteroatoms. The van der Waals surface area contributed by atoms with Crippen molar-refractivity contribution in [2.75, 3.05) is 0 Å². The number of nitrogens with zero attached hydrogens (tertiary/aromatic N) is 3. The Morgan fingerprint density at radius 3 is 2.35 bits per heavy atom. The van der Waals surface area contributed by atoms with Crippen molar-refractivity contribution < 1.29 is 4.39 Å². The highest BCUT2D eigenvalue weighted by molar-refractivity contribution is 6.88. The molecule has 0 amide bonds. The van der Waals surface area contributed by atoms with Gasteiger partial charge in [0.1, 0.15) is 13.9 Å². The van der Waals surface area contributed by atoms with E-state index in [9.17, 15) is 4.39 Å². The van der Waals surface area contributed by atoms with Crippen LogP contribution in [0.2, 0.25) is 19.6 Å². The molecule has 2 rings (SSSR count). The molecule has 2 aromatic rings. The summed E-state index contributed by atoms with van der Waals surface area (Å²) >= 11 is 0. The van der Waals surface area contributed by atoms with E-state index in [0.29, 0.717) is 6.54 Å². The van der Waals surface area contributed by atoms with Gasteiger partial charge in [-0.05, 0) is 17.7 Å². The van der Waals surface area contributed by atoms with Crippen molar-refractivity contribution in [2.24, 2.45) is 0 Å². The molecular formula is C12H16FN3Si. The fourth-order valence-electron chi connectivity index (χ4n) is 1.50. The summed E-state index contributed by atoms with van der Waals surface area (Å²) in [6, 6.07) is 6.47. The number of rotatable bonds is 3. The normalized spacial score (nSPS) is 11.8. The van der Waals surface area contributed by atoms with Gasteiger partial charge < -0.3 is 0 Å². The summed E-state index contributed by atoms with van der Waals surface area (Å²) in [5, 5.41) is 9.41. The van der Waals surface area contributed by atoms with Crippen molar-refractivity contribution in [1.82, 2.24) is 15.0 Å². The second-order valence-electron chi connectivity index (χ2n) is 5.18. The molecule has 0 spiro atoms. The zero-order valence-electron chi connectivity index (χ0n) is 10.3. The maximum absolute atomic E-state index is 12.8. The predicted octanol–water partition coefficient (Wildman–Crippen LogP) is 2.01. The lowest BCUT2D eigenvalue weighted by Crippen LogP contribution is -2.38. The van der Waals surface area contributed by atoms with Gasteiger partial charge in [-0.2, -0.15) is 0 Å². The summed E-state index contributed by atoms with van der Waals surface area (Å²) in [5.74, 6) is -0.213. The summed E-state index contributed by atoms with van der Waals surface area (Å²) < 4.78 is 14.6. The zero-order chi connectivity index (χ0) is 12.5. The molecule has 1 heterocycles. The summed E-state index contributed by atoms with van der Waals surface area (Å²) in [6.07, 6.45) is 2.00. The molecule has 0 saturated carbocycles. The molecule has 0 fully saturated rings. The Morgan fingerprint density at radius 1 is 1.18 bits per heavy atom. The van der Waals surface area contributed by atoms with Crippen molar-refractivity contribution >= 4 is 13.4 Å². The van der Waals surface area contributed by atoms with Crippen LogP contribution in [-0.4, -0.2) is 23.1 Å². The maximum atomic E-state index is 12.8. The van der Waals surface area contributed by atoms with Crippen molar-refractivity contribution in [3.63, 3.8) is 0 Å². The van der Waals surface area contributed by atoms with E-state index in [4.69, 9.17) is 0 Å². The molecule has 1 aromatic heterocycles. The molecule has 0 saturated heterocycles. The summed E-state index contributed by atoms with van der Waals surface area (Å²) in [5.41, 5.74) is 1.03. The van der Waals surface area contributed by atoms with E-state index in [-0.39, 0.29) is 5.82 Å². The molecule has 17 heavy (non-hydrogen) atoms. The number of hydrogen-bond acceptors (Lipinski definition) is 2. The lowest BCUT2D eigenvalue weighted by molar-refractivity contribution is 0.621. The van der Waals surface area contributed by atoms with Gasteiger partial charge in [0.2, 0.25) is 0 Å². The van der Waals surface area contributed by atoms with Gasteiger partial charge in [0.25, 0.3) is 0 Å². The number of halogens is 1. The first-order valence-corrected chi connectivity index (χ1v) is 9.10. The number of hydrogen-bond donors (Lipinski definition) is 0. The number of aromatic nitrogens is 3. The molecule has 0 aliphatic carbocycles. The molecule has 0 N–H and O–H groups in total. The minimum Gasteiger partial charge on any atom is -0.248 e. The van der Waals surface area contributed by atoms with E-state index in [1.165, 1.54) is 12.1 Å². The fraction of sp³-hybridized carbons (Fsp3) is 0.333. The third-order valence-corrected chi connectivity index (χ3v) is 4.33. The van der Waals surface area contributed by atoms with E-state index in [1.54, 1.807) is 16.8 Å². The van der Waals surface area contributed by atoms with Gasteiger partial charge in [0.15, 0.2) is 0 Å². The lowest BCUT2D eigenvalue weighted by atomic mass is 10.2. The monoisotopic (exact) mass is 249 g/mol. The van der Waals surface area contributed by atoms with Crippen molar-refractivity contribution in [3.05, 3.63) is 41.8 Å². The van der Waals surface area contributed by atoms with E-state index in [1.807, 2.05) is 6.20 Å². The third-order valence-electron chi connectivity index (χ3n) is 2.56.